The number of hydrogen-bond donors (Lipinski definition) is 1. The SMILES string of the molecule is CC(=O)N1CCN(Cc2nc3cc(NC(=O)COc4cccc(C)c4)ccc3n2C)CC1.Cl. The molecule has 0 radical (unpaired) electrons. The van der Waals surface area contributed by atoms with Gasteiger partial charge < -0.3 is 19.5 Å². The Bertz CT molecular complexity index is 1140. The molecule has 2 heterocycles. The lowest BCUT2D eigenvalue weighted by atomic mass is 10.2. The monoisotopic (exact) mass is 471 g/mol. The van der Waals surface area contributed by atoms with Gasteiger partial charge in [-0.3, -0.25) is 14.5 Å². The molecule has 0 saturated carbocycles. The average molecular weight is 472 g/mol. The largest absolute Gasteiger partial charge is 0.484 e. The molecule has 4 rings (SSSR count). The van der Waals surface area contributed by atoms with Crippen LogP contribution in [0.4, 0.5) is 5.69 Å². The highest BCUT2D eigenvalue weighted by Crippen LogP contribution is 2.21. The summed E-state index contributed by atoms with van der Waals surface area (Å²) in [6, 6.07) is 13.3. The van der Waals surface area contributed by atoms with Gasteiger partial charge in [0.25, 0.3) is 5.91 Å². The van der Waals surface area contributed by atoms with E-state index in [1.807, 2.05) is 61.3 Å². The van der Waals surface area contributed by atoms with Gasteiger partial charge in [-0.25, -0.2) is 4.98 Å². The predicted octanol–water partition coefficient (Wildman–Crippen LogP) is 2.99. The van der Waals surface area contributed by atoms with Crippen molar-refractivity contribution in [1.29, 1.82) is 0 Å². The van der Waals surface area contributed by atoms with Gasteiger partial charge in [0.15, 0.2) is 6.61 Å². The van der Waals surface area contributed by atoms with Crippen LogP contribution in [0.15, 0.2) is 42.5 Å². The Morgan fingerprint density at radius 3 is 2.55 bits per heavy atom. The molecule has 1 N–H and O–H groups in total. The lowest BCUT2D eigenvalue weighted by Gasteiger charge is -2.33. The Balaban J connectivity index is 0.00000306. The van der Waals surface area contributed by atoms with Crippen molar-refractivity contribution in [3.63, 3.8) is 0 Å². The van der Waals surface area contributed by atoms with Gasteiger partial charge in [0.1, 0.15) is 11.6 Å². The fraction of sp³-hybridized carbons (Fsp3) is 0.375. The number of aromatic nitrogens is 2. The highest BCUT2D eigenvalue weighted by atomic mass is 35.5. The van der Waals surface area contributed by atoms with Gasteiger partial charge in [0, 0.05) is 45.8 Å². The van der Waals surface area contributed by atoms with Gasteiger partial charge in [-0.05, 0) is 42.8 Å². The van der Waals surface area contributed by atoms with Crippen molar-refractivity contribution in [1.82, 2.24) is 19.4 Å². The van der Waals surface area contributed by atoms with E-state index in [4.69, 9.17) is 9.72 Å². The molecular weight excluding hydrogens is 442 g/mol. The number of amides is 2. The topological polar surface area (TPSA) is 79.7 Å². The summed E-state index contributed by atoms with van der Waals surface area (Å²) in [4.78, 5) is 32.8. The van der Waals surface area contributed by atoms with Crippen molar-refractivity contribution in [3.05, 3.63) is 53.9 Å². The summed E-state index contributed by atoms with van der Waals surface area (Å²) in [6.45, 7) is 7.45. The van der Waals surface area contributed by atoms with Gasteiger partial charge in [-0.1, -0.05) is 12.1 Å². The summed E-state index contributed by atoms with van der Waals surface area (Å²) in [5.41, 5.74) is 3.62. The number of carbonyl (C=O) groups is 2. The second-order valence-corrected chi connectivity index (χ2v) is 8.23. The van der Waals surface area contributed by atoms with Crippen LogP contribution in [0.3, 0.4) is 0 Å². The van der Waals surface area contributed by atoms with Gasteiger partial charge in [0.2, 0.25) is 5.91 Å². The summed E-state index contributed by atoms with van der Waals surface area (Å²) < 4.78 is 7.66. The van der Waals surface area contributed by atoms with E-state index in [9.17, 15) is 9.59 Å². The normalized spacial score (nSPS) is 14.1. The van der Waals surface area contributed by atoms with E-state index in [0.717, 1.165) is 55.1 Å². The number of benzene rings is 2. The second kappa shape index (κ2) is 10.7. The minimum Gasteiger partial charge on any atom is -0.484 e. The minimum absolute atomic E-state index is 0. The number of imidazole rings is 1. The first-order valence-electron chi connectivity index (χ1n) is 10.8. The maximum atomic E-state index is 12.3. The number of hydrogen-bond acceptors (Lipinski definition) is 5. The van der Waals surface area contributed by atoms with Gasteiger partial charge in [0.05, 0.1) is 17.6 Å². The number of fused-ring (bicyclic) bond motifs is 1. The molecule has 0 atom stereocenters. The quantitative estimate of drug-likeness (QED) is 0.598. The molecule has 1 aromatic heterocycles. The third-order valence-corrected chi connectivity index (χ3v) is 5.80. The van der Waals surface area contributed by atoms with Crippen LogP contribution < -0.4 is 10.1 Å². The zero-order chi connectivity index (χ0) is 22.7. The molecule has 2 aromatic carbocycles. The second-order valence-electron chi connectivity index (χ2n) is 8.23. The number of carbonyl (C=O) groups excluding carboxylic acids is 2. The average Bonchev–Trinajstić information content (AvgIpc) is 3.07. The lowest BCUT2D eigenvalue weighted by molar-refractivity contribution is -0.130. The Labute approximate surface area is 199 Å². The summed E-state index contributed by atoms with van der Waals surface area (Å²) in [6.07, 6.45) is 0. The number of nitrogens with one attached hydrogen (secondary N) is 1. The maximum absolute atomic E-state index is 12.3. The van der Waals surface area contributed by atoms with E-state index in [-0.39, 0.29) is 30.8 Å². The fourth-order valence-corrected chi connectivity index (χ4v) is 3.94. The van der Waals surface area contributed by atoms with Crippen LogP contribution in [0.5, 0.6) is 5.75 Å². The molecule has 0 bridgehead atoms. The van der Waals surface area contributed by atoms with E-state index >= 15 is 0 Å². The standard InChI is InChI=1S/C24H29N5O3.ClH/c1-17-5-4-6-20(13-17)32-16-24(31)25-19-7-8-22-21(14-19)26-23(27(22)3)15-28-9-11-29(12-10-28)18(2)30;/h4-8,13-14H,9-12,15-16H2,1-3H3,(H,25,31);1H. The predicted molar refractivity (Wildman–Crippen MR) is 131 cm³/mol. The number of ether oxygens (including phenoxy) is 1. The molecule has 8 nitrogen and oxygen atoms in total. The van der Waals surface area contributed by atoms with E-state index < -0.39 is 0 Å². The highest BCUT2D eigenvalue weighted by Gasteiger charge is 2.20. The van der Waals surface area contributed by atoms with Crippen molar-refractivity contribution in [3.8, 4) is 5.75 Å². The van der Waals surface area contributed by atoms with Crippen LogP contribution in [-0.2, 0) is 23.2 Å². The minimum atomic E-state index is -0.217. The Morgan fingerprint density at radius 1 is 1.09 bits per heavy atom. The van der Waals surface area contributed by atoms with Crippen molar-refractivity contribution in [2.45, 2.75) is 20.4 Å². The molecule has 1 aliphatic heterocycles. The zero-order valence-electron chi connectivity index (χ0n) is 19.2. The van der Waals surface area contributed by atoms with Crippen LogP contribution in [0, 0.1) is 6.92 Å². The number of halogens is 1. The molecule has 0 aliphatic carbocycles. The maximum Gasteiger partial charge on any atom is 0.262 e. The summed E-state index contributed by atoms with van der Waals surface area (Å²) in [5.74, 6) is 1.55. The van der Waals surface area contributed by atoms with Crippen LogP contribution in [0.25, 0.3) is 11.0 Å². The van der Waals surface area contributed by atoms with Gasteiger partial charge >= 0.3 is 0 Å². The molecule has 9 heteroatoms. The lowest BCUT2D eigenvalue weighted by Crippen LogP contribution is -2.47. The summed E-state index contributed by atoms with van der Waals surface area (Å²) in [5, 5.41) is 2.88. The van der Waals surface area contributed by atoms with E-state index in [0.29, 0.717) is 11.4 Å². The van der Waals surface area contributed by atoms with Gasteiger partial charge in [-0.2, -0.15) is 0 Å². The molecule has 1 fully saturated rings. The van der Waals surface area contributed by atoms with Gasteiger partial charge in [-0.15, -0.1) is 12.4 Å². The van der Waals surface area contributed by atoms with Crippen molar-refractivity contribution in [2.24, 2.45) is 7.05 Å². The Kier molecular flexibility index (Phi) is 7.94. The number of aryl methyl sites for hydroxylation is 2. The third-order valence-electron chi connectivity index (χ3n) is 5.80. The first-order chi connectivity index (χ1) is 15.4. The molecule has 3 aromatic rings. The van der Waals surface area contributed by atoms with Crippen LogP contribution >= 0.6 is 12.4 Å². The molecule has 0 unspecified atom stereocenters. The Morgan fingerprint density at radius 2 is 1.85 bits per heavy atom. The van der Waals surface area contributed by atoms with Crippen molar-refractivity contribution in [2.75, 3.05) is 38.1 Å². The molecule has 1 aliphatic rings. The number of piperazine rings is 1. The van der Waals surface area contributed by atoms with Crippen LogP contribution in [0.2, 0.25) is 0 Å². The van der Waals surface area contributed by atoms with Crippen LogP contribution in [0.1, 0.15) is 18.3 Å². The van der Waals surface area contributed by atoms with E-state index in [1.165, 1.54) is 0 Å². The van der Waals surface area contributed by atoms with Crippen molar-refractivity contribution >= 4 is 40.9 Å². The third kappa shape index (κ3) is 6.03. The molecule has 0 spiro atoms. The Hall–Kier alpha value is -3.10. The molecule has 33 heavy (non-hydrogen) atoms. The first-order valence-corrected chi connectivity index (χ1v) is 10.8. The first kappa shape index (κ1) is 24.5. The highest BCUT2D eigenvalue weighted by molar-refractivity contribution is 5.94. The number of rotatable bonds is 6. The van der Waals surface area contributed by atoms with E-state index in [1.54, 1.807) is 6.92 Å². The molecular formula is C24H30ClN5O3. The molecule has 1 saturated heterocycles. The van der Waals surface area contributed by atoms with Crippen LogP contribution in [-0.4, -0.2) is 64.0 Å². The zero-order valence-corrected chi connectivity index (χ0v) is 20.0. The number of nitrogens with zero attached hydrogens (tertiary/aromatic N) is 4. The fourth-order valence-electron chi connectivity index (χ4n) is 3.94. The summed E-state index contributed by atoms with van der Waals surface area (Å²) in [7, 11) is 2.00. The summed E-state index contributed by atoms with van der Waals surface area (Å²) >= 11 is 0. The molecule has 2 amide bonds. The molecule has 176 valence electrons. The van der Waals surface area contributed by atoms with Crippen molar-refractivity contribution < 1.29 is 14.3 Å². The van der Waals surface area contributed by atoms with E-state index in [2.05, 4.69) is 14.8 Å². The smallest absolute Gasteiger partial charge is 0.262 e. The number of anilines is 1.